The Bertz CT molecular complexity index is 539. The molecule has 0 bridgehead atoms. The van der Waals surface area contributed by atoms with Crippen LogP contribution in [0.3, 0.4) is 0 Å². The Kier molecular flexibility index (Phi) is 6.14. The number of anilines is 1. The van der Waals surface area contributed by atoms with Crippen molar-refractivity contribution in [3.05, 3.63) is 22.4 Å². The van der Waals surface area contributed by atoms with Gasteiger partial charge >= 0.3 is 0 Å². The lowest BCUT2D eigenvalue weighted by molar-refractivity contribution is 0.0961. The van der Waals surface area contributed by atoms with Gasteiger partial charge in [0.05, 0.1) is 30.0 Å². The van der Waals surface area contributed by atoms with Gasteiger partial charge in [0.25, 0.3) is 0 Å². The van der Waals surface area contributed by atoms with E-state index in [1.165, 1.54) is 0 Å². The van der Waals surface area contributed by atoms with Crippen molar-refractivity contribution in [1.82, 2.24) is 4.72 Å². The van der Waals surface area contributed by atoms with Gasteiger partial charge in [-0.25, -0.2) is 17.5 Å². The molecule has 108 valence electrons. The zero-order valence-electron chi connectivity index (χ0n) is 9.90. The lowest BCUT2D eigenvalue weighted by Crippen LogP contribution is -2.28. The number of nitrogens with one attached hydrogen (secondary N) is 1. The van der Waals surface area contributed by atoms with Crippen molar-refractivity contribution < 1.29 is 22.7 Å². The van der Waals surface area contributed by atoms with Crippen LogP contribution < -0.4 is 10.5 Å². The first-order chi connectivity index (χ1) is 8.88. The molecule has 0 aromatic heterocycles. The summed E-state index contributed by atoms with van der Waals surface area (Å²) in [5, 5.41) is 8.48. The summed E-state index contributed by atoms with van der Waals surface area (Å²) in [6, 6.07) is 2.03. The van der Waals surface area contributed by atoms with Crippen LogP contribution >= 0.6 is 15.9 Å². The van der Waals surface area contributed by atoms with Gasteiger partial charge in [0, 0.05) is 6.54 Å². The Labute approximate surface area is 118 Å². The van der Waals surface area contributed by atoms with Crippen molar-refractivity contribution in [3.8, 4) is 0 Å². The predicted molar refractivity (Wildman–Crippen MR) is 71.6 cm³/mol. The maximum absolute atomic E-state index is 13.2. The molecule has 0 saturated carbocycles. The Morgan fingerprint density at radius 1 is 1.42 bits per heavy atom. The molecule has 0 aliphatic carbocycles. The third-order valence-corrected chi connectivity index (χ3v) is 4.24. The summed E-state index contributed by atoms with van der Waals surface area (Å²) in [5.74, 6) is -0.636. The number of ether oxygens (including phenoxy) is 1. The molecule has 19 heavy (non-hydrogen) atoms. The van der Waals surface area contributed by atoms with Crippen LogP contribution in [0.4, 0.5) is 10.1 Å². The van der Waals surface area contributed by atoms with E-state index >= 15 is 0 Å². The zero-order chi connectivity index (χ0) is 14.5. The van der Waals surface area contributed by atoms with Crippen LogP contribution in [0, 0.1) is 5.82 Å². The molecule has 0 spiro atoms. The van der Waals surface area contributed by atoms with E-state index in [9.17, 15) is 12.8 Å². The molecule has 0 aliphatic rings. The monoisotopic (exact) mass is 356 g/mol. The normalized spacial score (nSPS) is 11.7. The van der Waals surface area contributed by atoms with Gasteiger partial charge in [-0.1, -0.05) is 0 Å². The maximum atomic E-state index is 13.2. The molecule has 1 aromatic carbocycles. The van der Waals surface area contributed by atoms with Gasteiger partial charge in [0.2, 0.25) is 10.0 Å². The fourth-order valence-electron chi connectivity index (χ4n) is 1.27. The van der Waals surface area contributed by atoms with E-state index in [-0.39, 0.29) is 41.4 Å². The summed E-state index contributed by atoms with van der Waals surface area (Å²) in [6.45, 7) is 0.134. The fraction of sp³-hybridized carbons (Fsp3) is 0.400. The average Bonchev–Trinajstić information content (AvgIpc) is 2.33. The van der Waals surface area contributed by atoms with Crippen molar-refractivity contribution >= 4 is 31.6 Å². The number of aliphatic hydroxyl groups excluding tert-OH is 1. The first kappa shape index (κ1) is 16.3. The summed E-state index contributed by atoms with van der Waals surface area (Å²) in [5.41, 5.74) is 5.31. The van der Waals surface area contributed by atoms with E-state index in [0.717, 1.165) is 12.1 Å². The highest BCUT2D eigenvalue weighted by Crippen LogP contribution is 2.25. The molecule has 1 rings (SSSR count). The minimum absolute atomic E-state index is 0.0126. The average molecular weight is 357 g/mol. The standard InChI is InChI=1S/C10H14BrFN2O4S/c11-7-5-10(9(13)6-8(7)12)19(16,17)14-1-3-18-4-2-15/h5-6,14-15H,1-4,13H2. The Balaban J connectivity index is 2.75. The second kappa shape index (κ2) is 7.15. The minimum atomic E-state index is -3.83. The Morgan fingerprint density at radius 3 is 2.74 bits per heavy atom. The molecule has 1 aromatic rings. The summed E-state index contributed by atoms with van der Waals surface area (Å²) < 4.78 is 44.2. The summed E-state index contributed by atoms with van der Waals surface area (Å²) in [4.78, 5) is -0.206. The first-order valence-corrected chi connectivity index (χ1v) is 7.59. The highest BCUT2D eigenvalue weighted by atomic mass is 79.9. The van der Waals surface area contributed by atoms with Gasteiger partial charge in [-0.3, -0.25) is 0 Å². The van der Waals surface area contributed by atoms with E-state index in [1.807, 2.05) is 0 Å². The van der Waals surface area contributed by atoms with E-state index in [1.54, 1.807) is 0 Å². The first-order valence-electron chi connectivity index (χ1n) is 5.31. The van der Waals surface area contributed by atoms with Crippen molar-refractivity contribution in [1.29, 1.82) is 0 Å². The number of halogens is 2. The molecule has 0 fully saturated rings. The number of rotatable bonds is 7. The van der Waals surface area contributed by atoms with Crippen molar-refractivity contribution in [2.24, 2.45) is 0 Å². The molecule has 0 amide bonds. The number of nitrogens with two attached hydrogens (primary N) is 1. The lowest BCUT2D eigenvalue weighted by atomic mass is 10.3. The number of hydrogen-bond acceptors (Lipinski definition) is 5. The summed E-state index contributed by atoms with van der Waals surface area (Å²) in [7, 11) is -3.83. The molecule has 0 aliphatic heterocycles. The molecule has 6 nitrogen and oxygen atoms in total. The van der Waals surface area contributed by atoms with Gasteiger partial charge in [-0.15, -0.1) is 0 Å². The number of aliphatic hydroxyl groups is 1. The van der Waals surface area contributed by atoms with Gasteiger partial charge in [-0.2, -0.15) is 0 Å². The van der Waals surface area contributed by atoms with E-state index in [0.29, 0.717) is 0 Å². The van der Waals surface area contributed by atoms with Crippen LogP contribution in [0.25, 0.3) is 0 Å². The Hall–Kier alpha value is -0.740. The van der Waals surface area contributed by atoms with Crippen LogP contribution in [0.15, 0.2) is 21.5 Å². The molecule has 0 unspecified atom stereocenters. The third kappa shape index (κ3) is 4.69. The van der Waals surface area contributed by atoms with Gasteiger partial charge in [0.1, 0.15) is 10.7 Å². The number of hydrogen-bond donors (Lipinski definition) is 3. The van der Waals surface area contributed by atoms with E-state index in [2.05, 4.69) is 20.7 Å². The molecular weight excluding hydrogens is 343 g/mol. The topological polar surface area (TPSA) is 102 Å². The minimum Gasteiger partial charge on any atom is -0.398 e. The molecule has 4 N–H and O–H groups in total. The predicted octanol–water partition coefficient (Wildman–Crippen LogP) is 0.458. The molecule has 9 heteroatoms. The summed E-state index contributed by atoms with van der Waals surface area (Å²) >= 11 is 2.90. The molecule has 0 saturated heterocycles. The van der Waals surface area contributed by atoms with Crippen LogP contribution in [0.5, 0.6) is 0 Å². The summed E-state index contributed by atoms with van der Waals surface area (Å²) in [6.07, 6.45) is 0. The van der Waals surface area contributed by atoms with E-state index in [4.69, 9.17) is 15.6 Å². The largest absolute Gasteiger partial charge is 0.398 e. The van der Waals surface area contributed by atoms with Crippen LogP contribution in [0.1, 0.15) is 0 Å². The molecular formula is C10H14BrFN2O4S. The Morgan fingerprint density at radius 2 is 2.11 bits per heavy atom. The second-order valence-electron chi connectivity index (χ2n) is 3.54. The smallest absolute Gasteiger partial charge is 0.242 e. The number of benzene rings is 1. The fourth-order valence-corrected chi connectivity index (χ4v) is 2.91. The maximum Gasteiger partial charge on any atom is 0.242 e. The van der Waals surface area contributed by atoms with Crippen LogP contribution in [0.2, 0.25) is 0 Å². The van der Waals surface area contributed by atoms with Gasteiger partial charge < -0.3 is 15.6 Å². The highest BCUT2D eigenvalue weighted by molar-refractivity contribution is 9.10. The van der Waals surface area contributed by atoms with Gasteiger partial charge in [-0.05, 0) is 28.1 Å². The van der Waals surface area contributed by atoms with E-state index < -0.39 is 15.8 Å². The zero-order valence-corrected chi connectivity index (χ0v) is 12.3. The van der Waals surface area contributed by atoms with Gasteiger partial charge in [0.15, 0.2) is 0 Å². The van der Waals surface area contributed by atoms with Crippen LogP contribution in [-0.2, 0) is 14.8 Å². The molecule has 0 radical (unpaired) electrons. The molecule has 0 atom stereocenters. The van der Waals surface area contributed by atoms with Crippen LogP contribution in [-0.4, -0.2) is 39.9 Å². The van der Waals surface area contributed by atoms with Crippen molar-refractivity contribution in [3.63, 3.8) is 0 Å². The second-order valence-corrected chi connectivity index (χ2v) is 6.13. The SMILES string of the molecule is Nc1cc(F)c(Br)cc1S(=O)(=O)NCCOCCO. The van der Waals surface area contributed by atoms with Crippen molar-refractivity contribution in [2.75, 3.05) is 32.1 Å². The van der Waals surface area contributed by atoms with Crippen molar-refractivity contribution in [2.45, 2.75) is 4.90 Å². The number of sulfonamides is 1. The quantitative estimate of drug-likeness (QED) is 0.486. The third-order valence-electron chi connectivity index (χ3n) is 2.12. The number of nitrogen functional groups attached to an aromatic ring is 1. The lowest BCUT2D eigenvalue weighted by Gasteiger charge is -2.10. The molecule has 0 heterocycles. The highest BCUT2D eigenvalue weighted by Gasteiger charge is 2.19.